The van der Waals surface area contributed by atoms with Gasteiger partial charge in [0.25, 0.3) is 0 Å². The van der Waals surface area contributed by atoms with Crippen LogP contribution in [0, 0.1) is 46.3 Å². The fourth-order valence-corrected chi connectivity index (χ4v) is 10.7. The van der Waals surface area contributed by atoms with E-state index in [9.17, 15) is 9.90 Å². The van der Waals surface area contributed by atoms with Gasteiger partial charge in [0.05, 0.1) is 6.10 Å². The van der Waals surface area contributed by atoms with Crippen molar-refractivity contribution in [3.8, 4) is 0 Å². The molecular formula is C33H51N3O2. The third kappa shape index (κ3) is 4.59. The molecule has 1 aromatic rings. The maximum absolute atomic E-state index is 13.2. The lowest BCUT2D eigenvalue weighted by atomic mass is 9.44. The number of hydrogen-bond acceptors (Lipinski definition) is 4. The highest BCUT2D eigenvalue weighted by Gasteiger charge is 2.60. The van der Waals surface area contributed by atoms with Crippen LogP contribution in [0.4, 0.5) is 5.69 Å². The number of fused-ring (bicyclic) bond motifs is 5. The molecule has 5 aliphatic rings. The average molecular weight is 522 g/mol. The summed E-state index contributed by atoms with van der Waals surface area (Å²) in [5, 5.41) is 10.3. The molecule has 1 aromatic heterocycles. The SMILES string of the molecule is C[C@H](CCC(=O)N1CCN(c2ccncc2)CC1)C1CCC2C3CCC4C[C@H](O)CC[C@]4(C)C3CC[C@@]21C. The van der Waals surface area contributed by atoms with Crippen LogP contribution in [0.25, 0.3) is 0 Å². The molecule has 2 heterocycles. The molecule has 1 N–H and O–H groups in total. The van der Waals surface area contributed by atoms with E-state index >= 15 is 0 Å². The van der Waals surface area contributed by atoms with E-state index in [4.69, 9.17) is 0 Å². The molecule has 4 aliphatic carbocycles. The molecule has 38 heavy (non-hydrogen) atoms. The van der Waals surface area contributed by atoms with Gasteiger partial charge in [-0.1, -0.05) is 20.8 Å². The Morgan fingerprint density at radius 2 is 1.68 bits per heavy atom. The van der Waals surface area contributed by atoms with Gasteiger partial charge in [-0.2, -0.15) is 0 Å². The summed E-state index contributed by atoms with van der Waals surface area (Å²) >= 11 is 0. The predicted octanol–water partition coefficient (Wildman–Crippen LogP) is 6.17. The third-order valence-electron chi connectivity index (χ3n) is 12.9. The summed E-state index contributed by atoms with van der Waals surface area (Å²) in [7, 11) is 0. The molecule has 0 bridgehead atoms. The standard InChI is InChI=1S/C33H51N3O2/c1-23(4-9-31(38)36-20-18-35(19-21-36)25-12-16-34-17-13-25)28-7-8-29-27-6-5-24-22-26(37)10-14-32(24,2)30(27)11-15-33(28,29)3/h12-13,16-17,23-24,26-30,37H,4-11,14-15,18-22H2,1-3H3/t23-,24?,26-,27?,28?,29?,30?,32+,33-/m1/s1. The van der Waals surface area contributed by atoms with Crippen LogP contribution in [0.5, 0.6) is 0 Å². The highest BCUT2D eigenvalue weighted by Crippen LogP contribution is 2.68. The molecule has 1 saturated heterocycles. The van der Waals surface area contributed by atoms with Crippen molar-refractivity contribution in [2.24, 2.45) is 46.3 Å². The van der Waals surface area contributed by atoms with E-state index in [2.05, 4.69) is 47.7 Å². The molecule has 5 fully saturated rings. The first-order valence-electron chi connectivity index (χ1n) is 15.9. The summed E-state index contributed by atoms with van der Waals surface area (Å²) < 4.78 is 0. The van der Waals surface area contributed by atoms with Gasteiger partial charge in [0, 0.05) is 50.7 Å². The molecule has 0 spiro atoms. The minimum Gasteiger partial charge on any atom is -0.393 e. The van der Waals surface area contributed by atoms with E-state index in [-0.39, 0.29) is 6.10 Å². The van der Waals surface area contributed by atoms with Crippen LogP contribution in [-0.2, 0) is 4.79 Å². The number of carbonyl (C=O) groups is 1. The molecule has 5 nitrogen and oxygen atoms in total. The Kier molecular flexibility index (Phi) is 7.29. The normalized spacial score (nSPS) is 41.7. The van der Waals surface area contributed by atoms with Crippen LogP contribution >= 0.6 is 0 Å². The lowest BCUT2D eigenvalue weighted by Crippen LogP contribution is -2.54. The van der Waals surface area contributed by atoms with Gasteiger partial charge < -0.3 is 14.9 Å². The maximum atomic E-state index is 13.2. The summed E-state index contributed by atoms with van der Waals surface area (Å²) in [5.41, 5.74) is 2.13. The van der Waals surface area contributed by atoms with Crippen molar-refractivity contribution in [3.05, 3.63) is 24.5 Å². The number of aliphatic hydroxyl groups is 1. The van der Waals surface area contributed by atoms with E-state index in [1.54, 1.807) is 0 Å². The third-order valence-corrected chi connectivity index (χ3v) is 12.9. The van der Waals surface area contributed by atoms with Crippen LogP contribution in [0.15, 0.2) is 24.5 Å². The van der Waals surface area contributed by atoms with E-state index in [0.29, 0.717) is 29.1 Å². The maximum Gasteiger partial charge on any atom is 0.222 e. The highest BCUT2D eigenvalue weighted by atomic mass is 16.3. The zero-order valence-electron chi connectivity index (χ0n) is 24.2. The van der Waals surface area contributed by atoms with E-state index in [1.807, 2.05) is 12.4 Å². The van der Waals surface area contributed by atoms with Gasteiger partial charge >= 0.3 is 0 Å². The first kappa shape index (κ1) is 26.6. The van der Waals surface area contributed by atoms with Crippen molar-refractivity contribution in [1.82, 2.24) is 9.88 Å². The zero-order chi connectivity index (χ0) is 26.5. The fourth-order valence-electron chi connectivity index (χ4n) is 10.7. The van der Waals surface area contributed by atoms with Crippen molar-refractivity contribution >= 4 is 11.6 Å². The Hall–Kier alpha value is -1.62. The quantitative estimate of drug-likeness (QED) is 0.504. The van der Waals surface area contributed by atoms with Crippen molar-refractivity contribution < 1.29 is 9.90 Å². The Balaban J connectivity index is 1.03. The van der Waals surface area contributed by atoms with Gasteiger partial charge in [-0.3, -0.25) is 9.78 Å². The Morgan fingerprint density at radius 3 is 2.45 bits per heavy atom. The predicted molar refractivity (Wildman–Crippen MR) is 153 cm³/mol. The fraction of sp³-hybridized carbons (Fsp3) is 0.818. The van der Waals surface area contributed by atoms with Gasteiger partial charge in [-0.15, -0.1) is 0 Å². The van der Waals surface area contributed by atoms with E-state index in [0.717, 1.165) is 75.0 Å². The van der Waals surface area contributed by atoms with Crippen LogP contribution in [-0.4, -0.2) is 53.2 Å². The van der Waals surface area contributed by atoms with Crippen molar-refractivity contribution in [2.75, 3.05) is 31.1 Å². The molecule has 0 aromatic carbocycles. The first-order chi connectivity index (χ1) is 18.3. The Bertz CT molecular complexity index is 978. The van der Waals surface area contributed by atoms with Gasteiger partial charge in [-0.05, 0) is 123 Å². The van der Waals surface area contributed by atoms with Crippen molar-refractivity contribution in [3.63, 3.8) is 0 Å². The van der Waals surface area contributed by atoms with E-state index < -0.39 is 0 Å². The molecule has 0 radical (unpaired) electrons. The molecule has 1 amide bonds. The lowest BCUT2D eigenvalue weighted by Gasteiger charge is -2.61. The van der Waals surface area contributed by atoms with Crippen LogP contribution in [0.2, 0.25) is 0 Å². The number of amides is 1. The summed E-state index contributed by atoms with van der Waals surface area (Å²) in [6.45, 7) is 11.2. The van der Waals surface area contributed by atoms with Crippen LogP contribution < -0.4 is 4.90 Å². The van der Waals surface area contributed by atoms with Crippen LogP contribution in [0.3, 0.4) is 0 Å². The number of rotatable bonds is 5. The smallest absolute Gasteiger partial charge is 0.222 e. The minimum absolute atomic E-state index is 0.0526. The van der Waals surface area contributed by atoms with Gasteiger partial charge in [-0.25, -0.2) is 0 Å². The molecular weight excluding hydrogens is 470 g/mol. The number of aromatic nitrogens is 1. The summed E-state index contributed by atoms with van der Waals surface area (Å²) in [5.74, 6) is 5.12. The number of hydrogen-bond donors (Lipinski definition) is 1. The van der Waals surface area contributed by atoms with Gasteiger partial charge in [0.2, 0.25) is 5.91 Å². The first-order valence-corrected chi connectivity index (χ1v) is 15.9. The zero-order valence-corrected chi connectivity index (χ0v) is 24.2. The number of anilines is 1. The Labute approximate surface area is 230 Å². The topological polar surface area (TPSA) is 56.7 Å². The Morgan fingerprint density at radius 1 is 0.974 bits per heavy atom. The summed E-state index contributed by atoms with van der Waals surface area (Å²) in [4.78, 5) is 21.8. The number of aliphatic hydroxyl groups excluding tert-OH is 1. The highest BCUT2D eigenvalue weighted by molar-refractivity contribution is 5.76. The van der Waals surface area contributed by atoms with E-state index in [1.165, 1.54) is 50.6 Å². The van der Waals surface area contributed by atoms with Gasteiger partial charge in [0.1, 0.15) is 0 Å². The lowest BCUT2D eigenvalue weighted by molar-refractivity contribution is -0.133. The average Bonchev–Trinajstić information content (AvgIpc) is 3.30. The van der Waals surface area contributed by atoms with Crippen molar-refractivity contribution in [2.45, 2.75) is 97.5 Å². The monoisotopic (exact) mass is 521 g/mol. The largest absolute Gasteiger partial charge is 0.393 e. The molecule has 4 saturated carbocycles. The minimum atomic E-state index is -0.0526. The summed E-state index contributed by atoms with van der Waals surface area (Å²) in [6, 6.07) is 4.13. The second-order valence-electron chi connectivity index (χ2n) is 14.4. The number of piperazine rings is 1. The molecule has 5 unspecified atom stereocenters. The number of carbonyl (C=O) groups excluding carboxylic acids is 1. The van der Waals surface area contributed by atoms with Gasteiger partial charge in [0.15, 0.2) is 0 Å². The molecule has 6 rings (SSSR count). The molecule has 5 heteroatoms. The number of nitrogens with zero attached hydrogens (tertiary/aromatic N) is 3. The van der Waals surface area contributed by atoms with Crippen LogP contribution in [0.1, 0.15) is 91.4 Å². The second-order valence-corrected chi connectivity index (χ2v) is 14.4. The molecule has 9 atom stereocenters. The van der Waals surface area contributed by atoms with Crippen molar-refractivity contribution in [1.29, 1.82) is 0 Å². The molecule has 1 aliphatic heterocycles. The second kappa shape index (κ2) is 10.4. The number of pyridine rings is 1. The molecule has 210 valence electrons. The summed E-state index contributed by atoms with van der Waals surface area (Å²) in [6.07, 6.45) is 17.0.